The van der Waals surface area contributed by atoms with E-state index >= 15 is 0 Å². The van der Waals surface area contributed by atoms with Crippen molar-refractivity contribution in [2.75, 3.05) is 38.1 Å². The van der Waals surface area contributed by atoms with Crippen molar-refractivity contribution in [1.29, 1.82) is 0 Å². The van der Waals surface area contributed by atoms with Crippen LogP contribution in [0.4, 0.5) is 5.13 Å². The number of likely N-dealkylation sites (N-methyl/N-ethyl adjacent to an activating group) is 1. The van der Waals surface area contributed by atoms with Crippen LogP contribution in [0.3, 0.4) is 0 Å². The summed E-state index contributed by atoms with van der Waals surface area (Å²) in [7, 11) is 2.15. The van der Waals surface area contributed by atoms with E-state index in [1.165, 1.54) is 41.5 Å². The Morgan fingerprint density at radius 3 is 2.87 bits per heavy atom. The predicted octanol–water partition coefficient (Wildman–Crippen LogP) is 3.91. The number of carbonyl (C=O) groups excluding carboxylic acids is 1. The van der Waals surface area contributed by atoms with E-state index in [2.05, 4.69) is 62.6 Å². The molecule has 31 heavy (non-hydrogen) atoms. The topological polar surface area (TPSA) is 64.3 Å². The fourth-order valence-corrected chi connectivity index (χ4v) is 5.28. The molecule has 0 bridgehead atoms. The molecular weight excluding hydrogens is 406 g/mol. The molecule has 5 rings (SSSR count). The average Bonchev–Trinajstić information content (AvgIpc) is 3.32. The van der Waals surface area contributed by atoms with Gasteiger partial charge in [0.25, 0.3) is 5.91 Å². The molecule has 1 unspecified atom stereocenters. The average molecular weight is 438 g/mol. The fraction of sp³-hybridized carbons (Fsp3) is 0.500. The number of piperazine rings is 1. The number of nitrogens with zero attached hydrogens (tertiary/aromatic N) is 3. The largest absolute Gasteiger partial charge is 0.361 e. The molecule has 1 saturated heterocycles. The lowest BCUT2D eigenvalue weighted by atomic mass is 10.00. The maximum atomic E-state index is 13.1. The highest BCUT2D eigenvalue weighted by atomic mass is 32.1. The molecular formula is C24H31N5OS. The summed E-state index contributed by atoms with van der Waals surface area (Å²) in [6.45, 7) is 4.01. The molecule has 0 radical (unpaired) electrons. The molecule has 2 aliphatic rings. The van der Waals surface area contributed by atoms with E-state index in [1.807, 2.05) is 0 Å². The summed E-state index contributed by atoms with van der Waals surface area (Å²) < 4.78 is 0. The van der Waals surface area contributed by atoms with Gasteiger partial charge in [-0.1, -0.05) is 42.4 Å². The quantitative estimate of drug-likeness (QED) is 0.561. The van der Waals surface area contributed by atoms with Crippen molar-refractivity contribution in [3.05, 3.63) is 47.1 Å². The van der Waals surface area contributed by atoms with E-state index in [9.17, 15) is 4.79 Å². The highest BCUT2D eigenvalue weighted by Crippen LogP contribution is 2.34. The number of hydrogen-bond donors (Lipinski definition) is 2. The van der Waals surface area contributed by atoms with Crippen LogP contribution in [0.1, 0.15) is 40.9 Å². The minimum absolute atomic E-state index is 0.0125. The van der Waals surface area contributed by atoms with Crippen molar-refractivity contribution in [1.82, 2.24) is 20.2 Å². The first-order valence-electron chi connectivity index (χ1n) is 11.4. The zero-order chi connectivity index (χ0) is 21.2. The van der Waals surface area contributed by atoms with E-state index in [1.54, 1.807) is 6.20 Å². The van der Waals surface area contributed by atoms with E-state index < -0.39 is 0 Å². The third-order valence-electron chi connectivity index (χ3n) is 6.59. The summed E-state index contributed by atoms with van der Waals surface area (Å²) in [5.41, 5.74) is 2.43. The van der Waals surface area contributed by atoms with Gasteiger partial charge in [0.2, 0.25) is 0 Å². The number of aromatic nitrogens is 2. The van der Waals surface area contributed by atoms with Crippen molar-refractivity contribution < 1.29 is 4.79 Å². The molecule has 2 aromatic heterocycles. The number of amides is 1. The number of nitrogens with one attached hydrogen (secondary N) is 2. The number of hydrogen-bond acceptors (Lipinski definition) is 5. The van der Waals surface area contributed by atoms with Crippen LogP contribution in [0.5, 0.6) is 0 Å². The van der Waals surface area contributed by atoms with Gasteiger partial charge in [-0.3, -0.25) is 4.79 Å². The second-order valence-electron chi connectivity index (χ2n) is 9.05. The van der Waals surface area contributed by atoms with Gasteiger partial charge in [0.15, 0.2) is 5.13 Å². The van der Waals surface area contributed by atoms with Crippen LogP contribution < -0.4 is 10.2 Å². The summed E-state index contributed by atoms with van der Waals surface area (Å²) in [5.74, 6) is 0.869. The van der Waals surface area contributed by atoms with E-state index in [0.717, 1.165) is 55.6 Å². The summed E-state index contributed by atoms with van der Waals surface area (Å²) >= 11 is 1.52. The minimum Gasteiger partial charge on any atom is -0.361 e. The van der Waals surface area contributed by atoms with Crippen molar-refractivity contribution in [3.8, 4) is 0 Å². The third kappa shape index (κ3) is 4.93. The zero-order valence-electron chi connectivity index (χ0n) is 18.1. The second kappa shape index (κ2) is 9.01. The lowest BCUT2D eigenvalue weighted by molar-refractivity contribution is 0.0938. The van der Waals surface area contributed by atoms with Gasteiger partial charge in [0.05, 0.1) is 6.20 Å². The lowest BCUT2D eigenvalue weighted by Gasteiger charge is -2.32. The van der Waals surface area contributed by atoms with Gasteiger partial charge >= 0.3 is 0 Å². The Labute approximate surface area is 187 Å². The van der Waals surface area contributed by atoms with Gasteiger partial charge in [-0.2, -0.15) is 0 Å². The van der Waals surface area contributed by atoms with Crippen molar-refractivity contribution >= 4 is 33.3 Å². The zero-order valence-corrected chi connectivity index (χ0v) is 19.0. The Morgan fingerprint density at radius 2 is 2.06 bits per heavy atom. The van der Waals surface area contributed by atoms with Gasteiger partial charge < -0.3 is 20.1 Å². The third-order valence-corrected chi connectivity index (χ3v) is 7.64. The monoisotopic (exact) mass is 437 g/mol. The van der Waals surface area contributed by atoms with Gasteiger partial charge in [0, 0.05) is 49.3 Å². The number of aromatic amines is 1. The Balaban J connectivity index is 1.26. The Morgan fingerprint density at radius 1 is 1.26 bits per heavy atom. The smallest absolute Gasteiger partial charge is 0.263 e. The second-order valence-corrected chi connectivity index (χ2v) is 10.1. The molecule has 1 atom stereocenters. The van der Waals surface area contributed by atoms with Crippen molar-refractivity contribution in [2.24, 2.45) is 5.92 Å². The number of rotatable bonds is 8. The van der Waals surface area contributed by atoms with Crippen LogP contribution >= 0.6 is 11.3 Å². The number of thiazole rings is 1. The van der Waals surface area contributed by atoms with Crippen molar-refractivity contribution in [3.63, 3.8) is 0 Å². The van der Waals surface area contributed by atoms with Crippen LogP contribution in [0.2, 0.25) is 0 Å². The Kier molecular flexibility index (Phi) is 5.96. The van der Waals surface area contributed by atoms with Crippen LogP contribution in [-0.4, -0.2) is 60.0 Å². The Hall–Kier alpha value is -2.38. The van der Waals surface area contributed by atoms with Gasteiger partial charge in [0.1, 0.15) is 4.88 Å². The van der Waals surface area contributed by atoms with E-state index in [-0.39, 0.29) is 11.9 Å². The number of anilines is 1. The summed E-state index contributed by atoms with van der Waals surface area (Å²) in [6.07, 6.45) is 9.61. The first kappa shape index (κ1) is 20.5. The molecule has 7 heteroatoms. The molecule has 3 heterocycles. The molecule has 1 amide bonds. The Bertz CT molecular complexity index is 1030. The highest BCUT2D eigenvalue weighted by Gasteiger charge is 2.25. The molecule has 2 fully saturated rings. The van der Waals surface area contributed by atoms with Crippen molar-refractivity contribution in [2.45, 2.75) is 38.1 Å². The van der Waals surface area contributed by atoms with E-state index in [4.69, 9.17) is 0 Å². The van der Waals surface area contributed by atoms with E-state index in [0.29, 0.717) is 4.88 Å². The van der Waals surface area contributed by atoms with Gasteiger partial charge in [-0.15, -0.1) is 0 Å². The number of para-hydroxylation sites is 1. The standard InChI is InChI=1S/C24H31N5OS/c1-28-10-12-29(13-11-28)24-26-16-22(31-24)23(30)27-19(9-8-17-6-7-17)14-18-15-25-21-5-3-2-4-20(18)21/h2-5,15-17,19,25H,6-14H2,1H3,(H,27,30). The molecule has 164 valence electrons. The summed E-state index contributed by atoms with van der Waals surface area (Å²) in [5, 5.41) is 5.55. The van der Waals surface area contributed by atoms with Crippen LogP contribution in [0.15, 0.2) is 36.7 Å². The molecule has 1 saturated carbocycles. The molecule has 1 aromatic carbocycles. The molecule has 6 nitrogen and oxygen atoms in total. The minimum atomic E-state index is 0.0125. The van der Waals surface area contributed by atoms with Gasteiger partial charge in [-0.05, 0) is 43.9 Å². The summed E-state index contributed by atoms with van der Waals surface area (Å²) in [4.78, 5) is 26.3. The molecule has 1 aliphatic carbocycles. The lowest BCUT2D eigenvalue weighted by Crippen LogP contribution is -2.44. The molecule has 1 aliphatic heterocycles. The SMILES string of the molecule is CN1CCN(c2ncc(C(=O)NC(CCC3CC3)Cc3c[nH]c4ccccc34)s2)CC1. The molecule has 2 N–H and O–H groups in total. The number of H-pyrrole nitrogens is 1. The van der Waals surface area contributed by atoms with Gasteiger partial charge in [-0.25, -0.2) is 4.98 Å². The normalized spacial score (nSPS) is 18.4. The number of carbonyl (C=O) groups is 1. The molecule has 3 aromatic rings. The number of benzene rings is 1. The highest BCUT2D eigenvalue weighted by molar-refractivity contribution is 7.17. The maximum absolute atomic E-state index is 13.1. The first-order valence-corrected chi connectivity index (χ1v) is 12.2. The number of fused-ring (bicyclic) bond motifs is 1. The molecule has 0 spiro atoms. The van der Waals surface area contributed by atoms with Crippen LogP contribution in [0, 0.1) is 5.92 Å². The predicted molar refractivity (Wildman–Crippen MR) is 127 cm³/mol. The van der Waals surface area contributed by atoms with Crippen LogP contribution in [-0.2, 0) is 6.42 Å². The van der Waals surface area contributed by atoms with Crippen LogP contribution in [0.25, 0.3) is 10.9 Å². The fourth-order valence-electron chi connectivity index (χ4n) is 4.40. The summed E-state index contributed by atoms with van der Waals surface area (Å²) in [6, 6.07) is 8.53. The first-order chi connectivity index (χ1) is 15.2. The maximum Gasteiger partial charge on any atom is 0.263 e.